The number of nitrogens with zero attached hydrogens (tertiary/aromatic N) is 2. The van der Waals surface area contributed by atoms with Crippen LogP contribution in [0.1, 0.15) is 18.3 Å². The van der Waals surface area contributed by atoms with Gasteiger partial charge in [-0.05, 0) is 13.0 Å². The molecule has 0 atom stereocenters. The standard InChI is InChI=1S/C11H11ClN2O/c1-3-9-13-10(7(2)11(12)14-9)8-4-5-15-6-8/h4-6H,3H2,1-2H3. The number of aromatic nitrogens is 2. The van der Waals surface area contributed by atoms with Gasteiger partial charge in [0.15, 0.2) is 0 Å². The zero-order valence-corrected chi connectivity index (χ0v) is 9.38. The Balaban J connectivity index is 2.60. The molecule has 0 saturated carbocycles. The monoisotopic (exact) mass is 222 g/mol. The lowest BCUT2D eigenvalue weighted by Gasteiger charge is -2.06. The van der Waals surface area contributed by atoms with Crippen molar-refractivity contribution in [3.05, 3.63) is 35.1 Å². The molecule has 0 radical (unpaired) electrons. The Morgan fingerprint density at radius 3 is 2.80 bits per heavy atom. The van der Waals surface area contributed by atoms with Gasteiger partial charge in [-0.2, -0.15) is 0 Å². The Bertz CT molecular complexity index is 466. The van der Waals surface area contributed by atoms with Crippen LogP contribution in [0.5, 0.6) is 0 Å². The van der Waals surface area contributed by atoms with Crippen LogP contribution in [-0.2, 0) is 6.42 Å². The van der Waals surface area contributed by atoms with Crippen molar-refractivity contribution in [1.29, 1.82) is 0 Å². The summed E-state index contributed by atoms with van der Waals surface area (Å²) in [5.41, 5.74) is 2.67. The van der Waals surface area contributed by atoms with Gasteiger partial charge in [0.2, 0.25) is 0 Å². The van der Waals surface area contributed by atoms with Crippen LogP contribution in [0.4, 0.5) is 0 Å². The van der Waals surface area contributed by atoms with Gasteiger partial charge >= 0.3 is 0 Å². The first-order chi connectivity index (χ1) is 7.22. The third-order valence-corrected chi connectivity index (χ3v) is 2.61. The highest BCUT2D eigenvalue weighted by atomic mass is 35.5. The van der Waals surface area contributed by atoms with E-state index in [-0.39, 0.29) is 0 Å². The second-order valence-electron chi connectivity index (χ2n) is 3.27. The summed E-state index contributed by atoms with van der Waals surface area (Å²) in [4.78, 5) is 8.62. The number of aryl methyl sites for hydroxylation is 1. The van der Waals surface area contributed by atoms with Crippen molar-refractivity contribution in [3.63, 3.8) is 0 Å². The van der Waals surface area contributed by atoms with Gasteiger partial charge in [0.1, 0.15) is 11.0 Å². The van der Waals surface area contributed by atoms with Crippen molar-refractivity contribution in [1.82, 2.24) is 9.97 Å². The SMILES string of the molecule is CCc1nc(Cl)c(C)c(-c2ccoc2)n1. The lowest BCUT2D eigenvalue weighted by Crippen LogP contribution is -1.98. The zero-order chi connectivity index (χ0) is 10.8. The fraction of sp³-hybridized carbons (Fsp3) is 0.273. The average molecular weight is 223 g/mol. The number of hydrogen-bond donors (Lipinski definition) is 0. The highest BCUT2D eigenvalue weighted by Crippen LogP contribution is 2.25. The van der Waals surface area contributed by atoms with E-state index < -0.39 is 0 Å². The van der Waals surface area contributed by atoms with E-state index in [0.29, 0.717) is 5.15 Å². The van der Waals surface area contributed by atoms with E-state index in [4.69, 9.17) is 16.0 Å². The molecule has 0 N–H and O–H groups in total. The molecule has 0 fully saturated rings. The van der Waals surface area contributed by atoms with E-state index in [1.165, 1.54) is 0 Å². The maximum absolute atomic E-state index is 6.03. The predicted octanol–water partition coefficient (Wildman–Crippen LogP) is 3.26. The van der Waals surface area contributed by atoms with Crippen LogP contribution in [0.3, 0.4) is 0 Å². The van der Waals surface area contributed by atoms with Crippen molar-refractivity contribution >= 4 is 11.6 Å². The highest BCUT2D eigenvalue weighted by molar-refractivity contribution is 6.30. The predicted molar refractivity (Wildman–Crippen MR) is 58.9 cm³/mol. The normalized spacial score (nSPS) is 10.6. The second-order valence-corrected chi connectivity index (χ2v) is 3.63. The summed E-state index contributed by atoms with van der Waals surface area (Å²) < 4.78 is 5.03. The zero-order valence-electron chi connectivity index (χ0n) is 8.62. The van der Waals surface area contributed by atoms with Gasteiger partial charge in [0.05, 0.1) is 18.2 Å². The third-order valence-electron chi connectivity index (χ3n) is 2.24. The molecule has 15 heavy (non-hydrogen) atoms. The van der Waals surface area contributed by atoms with E-state index in [2.05, 4.69) is 9.97 Å². The molecule has 3 nitrogen and oxygen atoms in total. The fourth-order valence-corrected chi connectivity index (χ4v) is 1.56. The molecule has 0 aliphatic carbocycles. The van der Waals surface area contributed by atoms with Gasteiger partial charge in [-0.3, -0.25) is 0 Å². The largest absolute Gasteiger partial charge is 0.472 e. The van der Waals surface area contributed by atoms with E-state index in [1.807, 2.05) is 19.9 Å². The minimum atomic E-state index is 0.512. The molecule has 2 rings (SSSR count). The topological polar surface area (TPSA) is 38.9 Å². The summed E-state index contributed by atoms with van der Waals surface area (Å²) in [5, 5.41) is 0.512. The molecule has 0 aromatic carbocycles. The summed E-state index contributed by atoms with van der Waals surface area (Å²) in [5.74, 6) is 0.752. The maximum Gasteiger partial charge on any atom is 0.136 e. The van der Waals surface area contributed by atoms with Crippen molar-refractivity contribution in [2.75, 3.05) is 0 Å². The van der Waals surface area contributed by atoms with Crippen LogP contribution in [0.25, 0.3) is 11.3 Å². The van der Waals surface area contributed by atoms with Crippen LogP contribution in [0.15, 0.2) is 23.0 Å². The lowest BCUT2D eigenvalue weighted by atomic mass is 10.1. The molecular formula is C11H11ClN2O. The molecule has 4 heteroatoms. The molecule has 0 saturated heterocycles. The van der Waals surface area contributed by atoms with Gasteiger partial charge in [-0.15, -0.1) is 0 Å². The van der Waals surface area contributed by atoms with Gasteiger partial charge in [0.25, 0.3) is 0 Å². The van der Waals surface area contributed by atoms with Gasteiger partial charge in [-0.1, -0.05) is 18.5 Å². The quantitative estimate of drug-likeness (QED) is 0.733. The van der Waals surface area contributed by atoms with E-state index in [9.17, 15) is 0 Å². The van der Waals surface area contributed by atoms with Crippen molar-refractivity contribution in [2.24, 2.45) is 0 Å². The van der Waals surface area contributed by atoms with Gasteiger partial charge in [-0.25, -0.2) is 9.97 Å². The minimum absolute atomic E-state index is 0.512. The summed E-state index contributed by atoms with van der Waals surface area (Å²) in [6.45, 7) is 3.91. The van der Waals surface area contributed by atoms with E-state index in [0.717, 1.165) is 29.1 Å². The summed E-state index contributed by atoms with van der Waals surface area (Å²) in [6.07, 6.45) is 4.05. The Kier molecular flexibility index (Phi) is 2.73. The number of hydrogen-bond acceptors (Lipinski definition) is 3. The van der Waals surface area contributed by atoms with Gasteiger partial charge in [0, 0.05) is 17.5 Å². The van der Waals surface area contributed by atoms with Crippen LogP contribution in [0, 0.1) is 6.92 Å². The smallest absolute Gasteiger partial charge is 0.136 e. The molecule has 78 valence electrons. The van der Waals surface area contributed by atoms with Crippen LogP contribution in [-0.4, -0.2) is 9.97 Å². The summed E-state index contributed by atoms with van der Waals surface area (Å²) in [6, 6.07) is 1.87. The lowest BCUT2D eigenvalue weighted by molar-refractivity contribution is 0.568. The summed E-state index contributed by atoms with van der Waals surface area (Å²) >= 11 is 6.03. The Morgan fingerprint density at radius 1 is 1.40 bits per heavy atom. The Morgan fingerprint density at radius 2 is 2.20 bits per heavy atom. The van der Waals surface area contributed by atoms with Crippen molar-refractivity contribution < 1.29 is 4.42 Å². The third kappa shape index (κ3) is 1.88. The first-order valence-electron chi connectivity index (χ1n) is 4.78. The highest BCUT2D eigenvalue weighted by Gasteiger charge is 2.11. The number of furan rings is 1. The molecule has 0 bridgehead atoms. The molecule has 0 amide bonds. The molecular weight excluding hydrogens is 212 g/mol. The maximum atomic E-state index is 6.03. The van der Waals surface area contributed by atoms with Crippen LogP contribution in [0.2, 0.25) is 5.15 Å². The molecule has 2 aromatic heterocycles. The Labute approximate surface area is 93.1 Å². The summed E-state index contributed by atoms with van der Waals surface area (Å²) in [7, 11) is 0. The molecule has 0 spiro atoms. The number of halogens is 1. The fourth-order valence-electron chi connectivity index (χ4n) is 1.37. The van der Waals surface area contributed by atoms with Gasteiger partial charge < -0.3 is 4.42 Å². The number of rotatable bonds is 2. The van der Waals surface area contributed by atoms with Crippen molar-refractivity contribution in [2.45, 2.75) is 20.3 Å². The van der Waals surface area contributed by atoms with Crippen LogP contribution < -0.4 is 0 Å². The van der Waals surface area contributed by atoms with Crippen molar-refractivity contribution in [3.8, 4) is 11.3 Å². The molecule has 2 heterocycles. The second kappa shape index (κ2) is 4.03. The first kappa shape index (κ1) is 10.2. The average Bonchev–Trinajstić information content (AvgIpc) is 2.75. The van der Waals surface area contributed by atoms with Crippen LogP contribution >= 0.6 is 11.6 Å². The van der Waals surface area contributed by atoms with E-state index >= 15 is 0 Å². The first-order valence-corrected chi connectivity index (χ1v) is 5.15. The molecule has 0 aliphatic rings. The molecule has 0 aliphatic heterocycles. The molecule has 0 unspecified atom stereocenters. The Hall–Kier alpha value is -1.35. The molecule has 2 aromatic rings. The minimum Gasteiger partial charge on any atom is -0.472 e. The van der Waals surface area contributed by atoms with E-state index in [1.54, 1.807) is 12.5 Å².